The van der Waals surface area contributed by atoms with Crippen LogP contribution in [0.5, 0.6) is 0 Å². The van der Waals surface area contributed by atoms with Crippen LogP contribution in [-0.2, 0) is 14.4 Å². The van der Waals surface area contributed by atoms with Gasteiger partial charge in [-0.2, -0.15) is 8.42 Å². The van der Waals surface area contributed by atoms with Gasteiger partial charge >= 0.3 is 10.1 Å². The quantitative estimate of drug-likeness (QED) is 0.645. The fraction of sp³-hybridized carbons (Fsp3) is 0.200. The second-order valence-corrected chi connectivity index (χ2v) is 5.93. The van der Waals surface area contributed by atoms with Crippen molar-refractivity contribution in [1.82, 2.24) is 4.98 Å². The zero-order chi connectivity index (χ0) is 15.7. The first-order chi connectivity index (χ1) is 9.92. The molecule has 0 amide bonds. The summed E-state index contributed by atoms with van der Waals surface area (Å²) in [4.78, 5) is 3.89. The van der Waals surface area contributed by atoms with Crippen molar-refractivity contribution in [2.24, 2.45) is 5.16 Å². The fourth-order valence-electron chi connectivity index (χ4n) is 1.18. The summed E-state index contributed by atoms with van der Waals surface area (Å²) in [6.45, 7) is 5.20. The van der Waals surface area contributed by atoms with E-state index in [2.05, 4.69) is 14.4 Å². The van der Waals surface area contributed by atoms with E-state index in [-0.39, 0.29) is 4.90 Å². The van der Waals surface area contributed by atoms with Gasteiger partial charge in [0.25, 0.3) is 0 Å². The molecule has 0 atom stereocenters. The van der Waals surface area contributed by atoms with Crippen LogP contribution in [-0.4, -0.2) is 19.1 Å². The highest BCUT2D eigenvalue weighted by molar-refractivity contribution is 7.86. The lowest BCUT2D eigenvalue weighted by molar-refractivity contribution is 0.338. The first-order valence-electron chi connectivity index (χ1n) is 6.28. The van der Waals surface area contributed by atoms with Gasteiger partial charge in [-0.1, -0.05) is 28.9 Å². The van der Waals surface area contributed by atoms with E-state index in [1.165, 1.54) is 12.1 Å². The SMILES string of the molecule is CC(C)=NOS(=O)(=O)c1ccc(C)cc1.c1ccncc1. The first kappa shape index (κ1) is 16.8. The van der Waals surface area contributed by atoms with Crippen LogP contribution >= 0.6 is 0 Å². The van der Waals surface area contributed by atoms with Crippen LogP contribution in [0.2, 0.25) is 0 Å². The smallest absolute Gasteiger partial charge is 0.265 e. The molecule has 0 N–H and O–H groups in total. The van der Waals surface area contributed by atoms with Crippen LogP contribution in [0.4, 0.5) is 0 Å². The molecule has 0 fully saturated rings. The minimum absolute atomic E-state index is 0.109. The number of hydrogen-bond donors (Lipinski definition) is 0. The molecule has 6 heteroatoms. The number of aryl methyl sites for hydroxylation is 1. The minimum Gasteiger partial charge on any atom is -0.265 e. The van der Waals surface area contributed by atoms with Gasteiger partial charge in [0, 0.05) is 12.4 Å². The Bertz CT molecular complexity index is 635. The molecule has 0 saturated carbocycles. The van der Waals surface area contributed by atoms with Crippen molar-refractivity contribution in [3.05, 3.63) is 60.4 Å². The Morgan fingerprint density at radius 1 is 1.05 bits per heavy atom. The highest BCUT2D eigenvalue weighted by atomic mass is 32.2. The van der Waals surface area contributed by atoms with E-state index >= 15 is 0 Å². The second kappa shape index (κ2) is 8.16. The topological polar surface area (TPSA) is 68.6 Å². The maximum atomic E-state index is 11.5. The molecule has 0 radical (unpaired) electrons. The summed E-state index contributed by atoms with van der Waals surface area (Å²) in [5, 5.41) is 3.42. The molecule has 112 valence electrons. The lowest BCUT2D eigenvalue weighted by Crippen LogP contribution is -2.03. The number of aromatic nitrogens is 1. The Morgan fingerprint density at radius 2 is 1.62 bits per heavy atom. The molecule has 2 rings (SSSR count). The Hall–Kier alpha value is -2.21. The monoisotopic (exact) mass is 306 g/mol. The Kier molecular flexibility index (Phi) is 6.55. The van der Waals surface area contributed by atoms with Crippen LogP contribution in [0.1, 0.15) is 19.4 Å². The maximum absolute atomic E-state index is 11.5. The van der Waals surface area contributed by atoms with Gasteiger partial charge in [0.1, 0.15) is 4.90 Å². The molecule has 0 unspecified atom stereocenters. The molecular weight excluding hydrogens is 288 g/mol. The predicted molar refractivity (Wildman–Crippen MR) is 82.5 cm³/mol. The molecule has 0 saturated heterocycles. The first-order valence-corrected chi connectivity index (χ1v) is 7.69. The van der Waals surface area contributed by atoms with Gasteiger partial charge in [-0.3, -0.25) is 9.27 Å². The molecule has 0 aliphatic rings. The van der Waals surface area contributed by atoms with E-state index < -0.39 is 10.1 Å². The fourth-order valence-corrected chi connectivity index (χ4v) is 1.99. The van der Waals surface area contributed by atoms with Crippen LogP contribution in [0.3, 0.4) is 0 Å². The largest absolute Gasteiger partial charge is 0.358 e. The molecule has 0 bridgehead atoms. The van der Waals surface area contributed by atoms with Gasteiger partial charge in [0.2, 0.25) is 0 Å². The van der Waals surface area contributed by atoms with Gasteiger partial charge in [0.15, 0.2) is 0 Å². The summed E-state index contributed by atoms with van der Waals surface area (Å²) in [6.07, 6.45) is 3.50. The van der Waals surface area contributed by atoms with Crippen molar-refractivity contribution in [3.63, 3.8) is 0 Å². The second-order valence-electron chi connectivity index (χ2n) is 4.40. The molecule has 1 heterocycles. The van der Waals surface area contributed by atoms with Crippen molar-refractivity contribution < 1.29 is 12.7 Å². The van der Waals surface area contributed by atoms with Crippen LogP contribution in [0, 0.1) is 6.92 Å². The molecule has 2 aromatic rings. The number of nitrogens with zero attached hydrogens (tertiary/aromatic N) is 2. The summed E-state index contributed by atoms with van der Waals surface area (Å²) in [5.41, 5.74) is 1.54. The van der Waals surface area contributed by atoms with Crippen molar-refractivity contribution in [2.45, 2.75) is 25.7 Å². The number of hydrogen-bond acceptors (Lipinski definition) is 5. The van der Waals surface area contributed by atoms with E-state index in [0.29, 0.717) is 5.71 Å². The van der Waals surface area contributed by atoms with Crippen LogP contribution in [0.25, 0.3) is 0 Å². The summed E-state index contributed by atoms with van der Waals surface area (Å²) < 4.78 is 27.5. The van der Waals surface area contributed by atoms with Gasteiger partial charge in [-0.05, 0) is 45.0 Å². The Balaban J connectivity index is 0.000000304. The number of pyridine rings is 1. The summed E-state index contributed by atoms with van der Waals surface area (Å²) in [5.74, 6) is 0. The summed E-state index contributed by atoms with van der Waals surface area (Å²) >= 11 is 0. The third-order valence-corrected chi connectivity index (χ3v) is 3.31. The van der Waals surface area contributed by atoms with Gasteiger partial charge in [0.05, 0.1) is 5.71 Å². The van der Waals surface area contributed by atoms with E-state index in [9.17, 15) is 8.42 Å². The number of benzene rings is 1. The highest BCUT2D eigenvalue weighted by Crippen LogP contribution is 2.13. The zero-order valence-corrected chi connectivity index (χ0v) is 13.0. The van der Waals surface area contributed by atoms with Crippen LogP contribution < -0.4 is 0 Å². The normalized spacial score (nSPS) is 10.0. The van der Waals surface area contributed by atoms with E-state index in [4.69, 9.17) is 0 Å². The van der Waals surface area contributed by atoms with Crippen molar-refractivity contribution in [2.75, 3.05) is 0 Å². The zero-order valence-electron chi connectivity index (χ0n) is 12.2. The predicted octanol–water partition coefficient (Wildman–Crippen LogP) is 3.18. The Morgan fingerprint density at radius 3 is 2.00 bits per heavy atom. The Labute approximate surface area is 125 Å². The van der Waals surface area contributed by atoms with E-state index in [0.717, 1.165) is 5.56 Å². The molecular formula is C15H18N2O3S. The van der Waals surface area contributed by atoms with Crippen molar-refractivity contribution in [1.29, 1.82) is 0 Å². The lowest BCUT2D eigenvalue weighted by atomic mass is 10.2. The lowest BCUT2D eigenvalue weighted by Gasteiger charge is -2.01. The highest BCUT2D eigenvalue weighted by Gasteiger charge is 2.14. The van der Waals surface area contributed by atoms with Gasteiger partial charge < -0.3 is 0 Å². The molecule has 5 nitrogen and oxygen atoms in total. The summed E-state index contributed by atoms with van der Waals surface area (Å²) in [7, 11) is -3.76. The van der Waals surface area contributed by atoms with Crippen LogP contribution in [0.15, 0.2) is 64.9 Å². The summed E-state index contributed by atoms with van der Waals surface area (Å²) in [6, 6.07) is 12.1. The number of oxime groups is 1. The van der Waals surface area contributed by atoms with Crippen molar-refractivity contribution in [3.8, 4) is 0 Å². The average Bonchev–Trinajstić information content (AvgIpc) is 2.48. The van der Waals surface area contributed by atoms with Gasteiger partial charge in [-0.25, -0.2) is 0 Å². The molecule has 1 aromatic heterocycles. The third-order valence-electron chi connectivity index (χ3n) is 2.19. The molecule has 1 aromatic carbocycles. The average molecular weight is 306 g/mol. The number of rotatable bonds is 3. The standard InChI is InChI=1S/C10H13NO3S.C5H5N/c1-8(2)11-14-15(12,13)10-6-4-9(3)5-7-10;1-2-4-6-5-3-1/h4-7H,1-3H3;1-5H. The van der Waals surface area contributed by atoms with E-state index in [1.807, 2.05) is 25.1 Å². The van der Waals surface area contributed by atoms with Crippen molar-refractivity contribution >= 4 is 15.8 Å². The molecule has 0 aliphatic heterocycles. The minimum atomic E-state index is -3.76. The van der Waals surface area contributed by atoms with E-state index in [1.54, 1.807) is 38.4 Å². The molecule has 21 heavy (non-hydrogen) atoms. The third kappa shape index (κ3) is 6.67. The van der Waals surface area contributed by atoms with Gasteiger partial charge in [-0.15, -0.1) is 0 Å². The molecule has 0 aliphatic carbocycles. The maximum Gasteiger partial charge on any atom is 0.358 e. The molecule has 0 spiro atoms.